The zero-order valence-corrected chi connectivity index (χ0v) is 17.2. The van der Waals surface area contributed by atoms with E-state index in [0.29, 0.717) is 31.0 Å². The van der Waals surface area contributed by atoms with Gasteiger partial charge in [0.2, 0.25) is 15.9 Å². The van der Waals surface area contributed by atoms with Crippen LogP contribution in [0.2, 0.25) is 5.02 Å². The highest BCUT2D eigenvalue weighted by atomic mass is 35.5. The van der Waals surface area contributed by atoms with Crippen molar-refractivity contribution in [3.63, 3.8) is 0 Å². The molecule has 1 saturated heterocycles. The maximum absolute atomic E-state index is 12.5. The summed E-state index contributed by atoms with van der Waals surface area (Å²) in [7, 11) is -3.44. The Bertz CT molecular complexity index is 854. The Hall–Kier alpha value is -1.62. The summed E-state index contributed by atoms with van der Waals surface area (Å²) in [6, 6.07) is 1.68. The molecule has 2 aliphatic heterocycles. The Morgan fingerprint density at radius 3 is 2.74 bits per heavy atom. The first-order valence-electron chi connectivity index (χ1n) is 8.48. The van der Waals surface area contributed by atoms with Gasteiger partial charge in [-0.3, -0.25) is 4.79 Å². The fraction of sp³-hybridized carbons (Fsp3) is 0.438. The molecule has 11 heteroatoms. The number of carbonyl (C=O) groups excluding carboxylic acids is 1. The van der Waals surface area contributed by atoms with Gasteiger partial charge in [-0.2, -0.15) is 0 Å². The van der Waals surface area contributed by atoms with E-state index in [4.69, 9.17) is 11.6 Å². The fourth-order valence-corrected chi connectivity index (χ4v) is 4.97. The van der Waals surface area contributed by atoms with Crippen molar-refractivity contribution in [1.29, 1.82) is 0 Å². The van der Waals surface area contributed by atoms with Crippen molar-refractivity contribution in [2.24, 2.45) is 0 Å². The third-order valence-corrected chi connectivity index (χ3v) is 6.61. The van der Waals surface area contributed by atoms with E-state index in [9.17, 15) is 13.2 Å². The van der Waals surface area contributed by atoms with Gasteiger partial charge in [-0.15, -0.1) is 0 Å². The van der Waals surface area contributed by atoms with Crippen LogP contribution < -0.4 is 19.5 Å². The number of piperidine rings is 1. The molecule has 1 aromatic rings. The molecule has 4 N–H and O–H groups in total. The SMILES string of the molecule is C=CS(=O)(=O)NC1CCN(C(=O)CNc2c(C)cc(Cl)c3c2NSN3)CC1. The maximum Gasteiger partial charge on any atom is 0.241 e. The van der Waals surface area contributed by atoms with Crippen LogP contribution in [0.4, 0.5) is 17.1 Å². The highest BCUT2D eigenvalue weighted by Crippen LogP contribution is 2.45. The molecule has 0 saturated carbocycles. The molecular weight excluding hydrogens is 410 g/mol. The average Bonchev–Trinajstić information content (AvgIpc) is 3.12. The second-order valence-electron chi connectivity index (χ2n) is 6.44. The van der Waals surface area contributed by atoms with Crippen molar-refractivity contribution in [3.05, 3.63) is 28.6 Å². The predicted molar refractivity (Wildman–Crippen MR) is 111 cm³/mol. The molecule has 1 fully saturated rings. The lowest BCUT2D eigenvalue weighted by Crippen LogP contribution is -2.47. The molecule has 8 nitrogen and oxygen atoms in total. The number of sulfonamides is 1. The minimum absolute atomic E-state index is 0.0262. The number of likely N-dealkylation sites (tertiary alicyclic amines) is 1. The topological polar surface area (TPSA) is 103 Å². The minimum Gasteiger partial charge on any atom is -0.374 e. The summed E-state index contributed by atoms with van der Waals surface area (Å²) in [5.41, 5.74) is 3.43. The van der Waals surface area contributed by atoms with Crippen LogP contribution in [0, 0.1) is 6.92 Å². The molecule has 27 heavy (non-hydrogen) atoms. The largest absolute Gasteiger partial charge is 0.374 e. The van der Waals surface area contributed by atoms with Crippen molar-refractivity contribution < 1.29 is 13.2 Å². The number of aryl methyl sites for hydroxylation is 1. The number of amides is 1. The third-order valence-electron chi connectivity index (χ3n) is 4.60. The molecule has 0 aliphatic carbocycles. The van der Waals surface area contributed by atoms with Gasteiger partial charge in [0.1, 0.15) is 0 Å². The van der Waals surface area contributed by atoms with Gasteiger partial charge in [-0.1, -0.05) is 18.2 Å². The summed E-state index contributed by atoms with van der Waals surface area (Å²) < 4.78 is 31.9. The first-order valence-corrected chi connectivity index (χ1v) is 11.2. The normalized spacial score (nSPS) is 17.0. The third kappa shape index (κ3) is 4.63. The van der Waals surface area contributed by atoms with Crippen LogP contribution in [-0.4, -0.2) is 44.9 Å². The van der Waals surface area contributed by atoms with Crippen LogP contribution in [0.5, 0.6) is 0 Å². The molecule has 148 valence electrons. The number of nitrogens with one attached hydrogen (secondary N) is 4. The first kappa shape index (κ1) is 20.1. The highest BCUT2D eigenvalue weighted by molar-refractivity contribution is 8.02. The summed E-state index contributed by atoms with van der Waals surface area (Å²) >= 11 is 7.55. The first-order chi connectivity index (χ1) is 12.8. The smallest absolute Gasteiger partial charge is 0.241 e. The van der Waals surface area contributed by atoms with Crippen molar-refractivity contribution >= 4 is 56.7 Å². The Morgan fingerprint density at radius 2 is 2.07 bits per heavy atom. The minimum atomic E-state index is -3.44. The lowest BCUT2D eigenvalue weighted by atomic mass is 10.1. The Morgan fingerprint density at radius 1 is 1.41 bits per heavy atom. The molecule has 0 aromatic heterocycles. The van der Waals surface area contributed by atoms with Gasteiger partial charge in [-0.25, -0.2) is 13.1 Å². The number of benzene rings is 1. The predicted octanol–water partition coefficient (Wildman–Crippen LogP) is 2.51. The molecule has 1 amide bonds. The molecule has 3 rings (SSSR count). The number of hydrogen-bond acceptors (Lipinski definition) is 7. The summed E-state index contributed by atoms with van der Waals surface area (Å²) in [4.78, 5) is 14.3. The molecule has 0 radical (unpaired) electrons. The Labute approximate surface area is 168 Å². The quantitative estimate of drug-likeness (QED) is 0.513. The summed E-state index contributed by atoms with van der Waals surface area (Å²) in [6.45, 7) is 6.40. The van der Waals surface area contributed by atoms with E-state index < -0.39 is 10.0 Å². The zero-order chi connectivity index (χ0) is 19.6. The van der Waals surface area contributed by atoms with Crippen LogP contribution >= 0.6 is 23.7 Å². The lowest BCUT2D eigenvalue weighted by molar-refractivity contribution is -0.130. The van der Waals surface area contributed by atoms with Gasteiger partial charge in [0.05, 0.1) is 40.8 Å². The molecule has 0 unspecified atom stereocenters. The summed E-state index contributed by atoms with van der Waals surface area (Å²) in [5.74, 6) is -0.0262. The molecule has 0 bridgehead atoms. The van der Waals surface area contributed by atoms with Crippen molar-refractivity contribution in [2.45, 2.75) is 25.8 Å². The van der Waals surface area contributed by atoms with Crippen LogP contribution in [-0.2, 0) is 14.8 Å². The number of carbonyl (C=O) groups is 1. The summed E-state index contributed by atoms with van der Waals surface area (Å²) in [6.07, 6.45) is 1.16. The van der Waals surface area contributed by atoms with Crippen LogP contribution in [0.1, 0.15) is 18.4 Å². The van der Waals surface area contributed by atoms with E-state index >= 15 is 0 Å². The van der Waals surface area contributed by atoms with Gasteiger partial charge in [-0.05, 0) is 31.4 Å². The molecule has 1 aromatic carbocycles. The Kier molecular flexibility index (Phi) is 6.09. The van der Waals surface area contributed by atoms with E-state index in [1.807, 2.05) is 13.0 Å². The van der Waals surface area contributed by atoms with Gasteiger partial charge >= 0.3 is 0 Å². The van der Waals surface area contributed by atoms with Gasteiger partial charge in [0, 0.05) is 24.5 Å². The van der Waals surface area contributed by atoms with Crippen molar-refractivity contribution in [3.8, 4) is 0 Å². The van der Waals surface area contributed by atoms with Crippen LogP contribution in [0.3, 0.4) is 0 Å². The van der Waals surface area contributed by atoms with E-state index in [0.717, 1.165) is 28.0 Å². The standard InChI is InChI=1S/C16H22ClN5O3S2/c1-3-27(24,25)21-11-4-6-22(7-5-11)13(23)9-18-14-10(2)8-12(17)15-16(14)20-26-19-15/h3,8,11,18-21H,1,4-7,9H2,2H3. The molecular formula is C16H22ClN5O3S2. The number of rotatable bonds is 6. The summed E-state index contributed by atoms with van der Waals surface area (Å²) in [5, 5.41) is 4.74. The fourth-order valence-electron chi connectivity index (χ4n) is 3.14. The van der Waals surface area contributed by atoms with Gasteiger partial charge < -0.3 is 19.7 Å². The monoisotopic (exact) mass is 431 g/mol. The Balaban J connectivity index is 1.56. The second kappa shape index (κ2) is 8.17. The molecule has 0 spiro atoms. The van der Waals surface area contributed by atoms with Gasteiger partial charge in [0.15, 0.2) is 0 Å². The number of fused-ring (bicyclic) bond motifs is 1. The molecule has 0 atom stereocenters. The number of nitrogens with zero attached hydrogens (tertiary/aromatic N) is 1. The van der Waals surface area contributed by atoms with Crippen molar-refractivity contribution in [2.75, 3.05) is 34.4 Å². The van der Waals surface area contributed by atoms with E-state index in [-0.39, 0.29) is 18.5 Å². The van der Waals surface area contributed by atoms with E-state index in [2.05, 4.69) is 26.1 Å². The van der Waals surface area contributed by atoms with Crippen LogP contribution in [0.25, 0.3) is 0 Å². The van der Waals surface area contributed by atoms with Crippen LogP contribution in [0.15, 0.2) is 18.1 Å². The number of hydrogen-bond donors (Lipinski definition) is 4. The molecule has 2 heterocycles. The zero-order valence-electron chi connectivity index (χ0n) is 14.8. The van der Waals surface area contributed by atoms with E-state index in [1.165, 1.54) is 12.1 Å². The van der Waals surface area contributed by atoms with Gasteiger partial charge in [0.25, 0.3) is 0 Å². The molecule has 2 aliphatic rings. The lowest BCUT2D eigenvalue weighted by Gasteiger charge is -2.32. The van der Waals surface area contributed by atoms with Crippen molar-refractivity contribution in [1.82, 2.24) is 9.62 Å². The number of halogens is 1. The second-order valence-corrected chi connectivity index (χ2v) is 9.12. The van der Waals surface area contributed by atoms with E-state index in [1.54, 1.807) is 4.90 Å². The average molecular weight is 432 g/mol. The maximum atomic E-state index is 12.5. The highest BCUT2D eigenvalue weighted by Gasteiger charge is 2.26. The number of anilines is 3.